The third kappa shape index (κ3) is 3.81. The van der Waals surface area contributed by atoms with Crippen molar-refractivity contribution in [1.29, 1.82) is 0 Å². The lowest BCUT2D eigenvalue weighted by Gasteiger charge is -2.25. The summed E-state index contributed by atoms with van der Waals surface area (Å²) >= 11 is 0. The molecule has 0 saturated heterocycles. The Kier molecular flexibility index (Phi) is 4.91. The molecule has 5 heteroatoms. The van der Waals surface area contributed by atoms with Crippen LogP contribution >= 0.6 is 0 Å². The fraction of sp³-hybridized carbons (Fsp3) is 0.263. The first kappa shape index (κ1) is 16.2. The Bertz CT molecular complexity index is 757. The van der Waals surface area contributed by atoms with Gasteiger partial charge in [0.2, 0.25) is 5.91 Å². The monoisotopic (exact) mass is 325 g/mol. The average Bonchev–Trinajstić information content (AvgIpc) is 2.56. The zero-order valence-electron chi connectivity index (χ0n) is 13.2. The molecule has 2 aromatic rings. The van der Waals surface area contributed by atoms with E-state index < -0.39 is 5.97 Å². The molecule has 1 aliphatic heterocycles. The first-order chi connectivity index (χ1) is 11.6. The second-order valence-corrected chi connectivity index (χ2v) is 5.79. The predicted molar refractivity (Wildman–Crippen MR) is 89.9 cm³/mol. The number of carbonyl (C=O) groups excluding carboxylic acids is 1. The molecule has 0 saturated carbocycles. The Morgan fingerprint density at radius 1 is 1.12 bits per heavy atom. The van der Waals surface area contributed by atoms with Crippen molar-refractivity contribution in [2.24, 2.45) is 0 Å². The van der Waals surface area contributed by atoms with E-state index in [9.17, 15) is 9.59 Å². The molecule has 1 heterocycles. The number of amides is 1. The zero-order valence-corrected chi connectivity index (χ0v) is 13.2. The van der Waals surface area contributed by atoms with Crippen LogP contribution in [0.4, 0.5) is 5.69 Å². The summed E-state index contributed by atoms with van der Waals surface area (Å²) in [6.07, 6.45) is 0.675. The lowest BCUT2D eigenvalue weighted by atomic mass is 9.95. The van der Waals surface area contributed by atoms with Gasteiger partial charge < -0.3 is 15.2 Å². The molecule has 0 spiro atoms. The number of para-hydroxylation sites is 1. The van der Waals surface area contributed by atoms with Crippen LogP contribution in [0.25, 0.3) is 0 Å². The molecule has 0 fully saturated rings. The molecule has 0 aromatic heterocycles. The second-order valence-electron chi connectivity index (χ2n) is 5.79. The van der Waals surface area contributed by atoms with Crippen molar-refractivity contribution >= 4 is 17.6 Å². The molecule has 1 amide bonds. The van der Waals surface area contributed by atoms with Crippen molar-refractivity contribution in [3.8, 4) is 0 Å². The quantitative estimate of drug-likeness (QED) is 0.886. The number of aliphatic carboxylic acids is 1. The molecular formula is C19H19NO4. The molecule has 3 rings (SSSR count). The molecule has 0 unspecified atom stereocenters. The van der Waals surface area contributed by atoms with Gasteiger partial charge in [-0.15, -0.1) is 0 Å². The SMILES string of the molecule is O=C(O)Cc1ccccc1NC(=O)C[C@@H]1OCCc2ccccc21. The number of ether oxygens (including phenoxy) is 1. The van der Waals surface area contributed by atoms with Gasteiger partial charge in [0.05, 0.1) is 25.6 Å². The van der Waals surface area contributed by atoms with E-state index >= 15 is 0 Å². The number of fused-ring (bicyclic) bond motifs is 1. The molecule has 5 nitrogen and oxygen atoms in total. The minimum atomic E-state index is -0.929. The van der Waals surface area contributed by atoms with E-state index in [-0.39, 0.29) is 24.9 Å². The summed E-state index contributed by atoms with van der Waals surface area (Å²) in [5, 5.41) is 11.8. The van der Waals surface area contributed by atoms with Gasteiger partial charge in [-0.2, -0.15) is 0 Å². The van der Waals surface area contributed by atoms with Crippen LogP contribution in [0.1, 0.15) is 29.2 Å². The predicted octanol–water partition coefficient (Wildman–Crippen LogP) is 2.96. The van der Waals surface area contributed by atoms with Crippen molar-refractivity contribution in [1.82, 2.24) is 0 Å². The maximum atomic E-state index is 12.4. The molecule has 0 bridgehead atoms. The number of anilines is 1. The Balaban J connectivity index is 1.70. The lowest BCUT2D eigenvalue weighted by Crippen LogP contribution is -2.22. The zero-order chi connectivity index (χ0) is 16.9. The number of hydrogen-bond donors (Lipinski definition) is 2. The topological polar surface area (TPSA) is 75.6 Å². The van der Waals surface area contributed by atoms with E-state index in [0.717, 1.165) is 12.0 Å². The summed E-state index contributed by atoms with van der Waals surface area (Å²) in [6.45, 7) is 0.602. The highest BCUT2D eigenvalue weighted by molar-refractivity contribution is 5.92. The van der Waals surface area contributed by atoms with E-state index in [1.165, 1.54) is 5.56 Å². The van der Waals surface area contributed by atoms with Gasteiger partial charge in [0, 0.05) is 5.69 Å². The maximum Gasteiger partial charge on any atom is 0.307 e. The minimum Gasteiger partial charge on any atom is -0.481 e. The average molecular weight is 325 g/mol. The first-order valence-corrected chi connectivity index (χ1v) is 7.92. The number of rotatable bonds is 5. The third-order valence-electron chi connectivity index (χ3n) is 4.10. The summed E-state index contributed by atoms with van der Waals surface area (Å²) < 4.78 is 5.75. The normalized spacial score (nSPS) is 16.2. The summed E-state index contributed by atoms with van der Waals surface area (Å²) in [4.78, 5) is 23.3. The van der Waals surface area contributed by atoms with Crippen LogP contribution in [0.3, 0.4) is 0 Å². The van der Waals surface area contributed by atoms with Crippen LogP contribution in [0.15, 0.2) is 48.5 Å². The fourth-order valence-electron chi connectivity index (χ4n) is 2.97. The number of benzene rings is 2. The summed E-state index contributed by atoms with van der Waals surface area (Å²) in [6, 6.07) is 14.9. The van der Waals surface area contributed by atoms with E-state index in [2.05, 4.69) is 11.4 Å². The van der Waals surface area contributed by atoms with Crippen LogP contribution in [0.5, 0.6) is 0 Å². The van der Waals surface area contributed by atoms with E-state index in [1.807, 2.05) is 18.2 Å². The summed E-state index contributed by atoms with van der Waals surface area (Å²) in [7, 11) is 0. The van der Waals surface area contributed by atoms with Gasteiger partial charge >= 0.3 is 5.97 Å². The molecule has 1 atom stereocenters. The number of carbonyl (C=O) groups is 2. The molecular weight excluding hydrogens is 306 g/mol. The number of hydrogen-bond acceptors (Lipinski definition) is 3. The van der Waals surface area contributed by atoms with Gasteiger partial charge in [0.25, 0.3) is 0 Å². The minimum absolute atomic E-state index is 0.126. The van der Waals surface area contributed by atoms with Crippen LogP contribution in [-0.2, 0) is 27.2 Å². The highest BCUT2D eigenvalue weighted by Gasteiger charge is 2.23. The van der Waals surface area contributed by atoms with Gasteiger partial charge in [-0.3, -0.25) is 9.59 Å². The van der Waals surface area contributed by atoms with Crippen molar-refractivity contribution in [2.45, 2.75) is 25.4 Å². The van der Waals surface area contributed by atoms with E-state index in [0.29, 0.717) is 17.9 Å². The lowest BCUT2D eigenvalue weighted by molar-refractivity contribution is -0.136. The van der Waals surface area contributed by atoms with Gasteiger partial charge in [-0.25, -0.2) is 0 Å². The van der Waals surface area contributed by atoms with Gasteiger partial charge in [0.1, 0.15) is 0 Å². The Hall–Kier alpha value is -2.66. The van der Waals surface area contributed by atoms with Crippen molar-refractivity contribution in [3.63, 3.8) is 0 Å². The van der Waals surface area contributed by atoms with Crippen LogP contribution in [0.2, 0.25) is 0 Å². The van der Waals surface area contributed by atoms with Crippen LogP contribution < -0.4 is 5.32 Å². The fourth-order valence-corrected chi connectivity index (χ4v) is 2.97. The number of carboxylic acids is 1. The first-order valence-electron chi connectivity index (χ1n) is 7.92. The maximum absolute atomic E-state index is 12.4. The highest BCUT2D eigenvalue weighted by atomic mass is 16.5. The Morgan fingerprint density at radius 3 is 2.71 bits per heavy atom. The van der Waals surface area contributed by atoms with Gasteiger partial charge in [-0.05, 0) is 29.2 Å². The highest BCUT2D eigenvalue weighted by Crippen LogP contribution is 2.30. The van der Waals surface area contributed by atoms with Crippen molar-refractivity contribution < 1.29 is 19.4 Å². The standard InChI is InChI=1S/C19H19NO4/c21-18(20-16-8-4-2-6-14(16)11-19(22)23)12-17-15-7-3-1-5-13(15)9-10-24-17/h1-8,17H,9-12H2,(H,20,21)(H,22,23)/t17-/m0/s1. The number of nitrogens with one attached hydrogen (secondary N) is 1. The van der Waals surface area contributed by atoms with Crippen molar-refractivity contribution in [2.75, 3.05) is 11.9 Å². The number of carboxylic acid groups (broad SMARTS) is 1. The largest absolute Gasteiger partial charge is 0.481 e. The Morgan fingerprint density at radius 2 is 1.88 bits per heavy atom. The Labute approximate surface area is 140 Å². The van der Waals surface area contributed by atoms with Gasteiger partial charge in [-0.1, -0.05) is 42.5 Å². The smallest absolute Gasteiger partial charge is 0.307 e. The molecule has 2 N–H and O–H groups in total. The van der Waals surface area contributed by atoms with Crippen LogP contribution in [-0.4, -0.2) is 23.6 Å². The molecule has 0 radical (unpaired) electrons. The van der Waals surface area contributed by atoms with E-state index in [4.69, 9.17) is 9.84 Å². The molecule has 2 aromatic carbocycles. The molecule has 24 heavy (non-hydrogen) atoms. The van der Waals surface area contributed by atoms with E-state index in [1.54, 1.807) is 24.3 Å². The molecule has 1 aliphatic rings. The van der Waals surface area contributed by atoms with Crippen molar-refractivity contribution in [3.05, 3.63) is 65.2 Å². The van der Waals surface area contributed by atoms with Crippen LogP contribution in [0, 0.1) is 0 Å². The summed E-state index contributed by atoms with van der Waals surface area (Å²) in [5.74, 6) is -1.12. The third-order valence-corrected chi connectivity index (χ3v) is 4.10. The summed E-state index contributed by atoms with van der Waals surface area (Å²) in [5.41, 5.74) is 3.39. The van der Waals surface area contributed by atoms with Gasteiger partial charge in [0.15, 0.2) is 0 Å². The second kappa shape index (κ2) is 7.27. The molecule has 124 valence electrons. The molecule has 0 aliphatic carbocycles.